The minimum absolute atomic E-state index is 0.102. The zero-order chi connectivity index (χ0) is 17.6. The topological polar surface area (TPSA) is 65.5 Å². The number of aromatic nitrogens is 1. The van der Waals surface area contributed by atoms with E-state index >= 15 is 0 Å². The highest BCUT2D eigenvalue weighted by atomic mass is 16.3. The molecule has 0 bridgehead atoms. The van der Waals surface area contributed by atoms with E-state index in [1.54, 1.807) is 18.3 Å². The Kier molecular flexibility index (Phi) is 5.79. The maximum Gasteiger partial charge on any atom is 0.253 e. The van der Waals surface area contributed by atoms with Crippen molar-refractivity contribution in [3.05, 3.63) is 65.0 Å². The van der Waals surface area contributed by atoms with Crippen LogP contribution in [0.4, 0.5) is 0 Å². The molecule has 0 unspecified atom stereocenters. The van der Waals surface area contributed by atoms with E-state index in [9.17, 15) is 9.90 Å². The molecule has 1 amide bonds. The van der Waals surface area contributed by atoms with Crippen LogP contribution in [0.3, 0.4) is 0 Å². The number of nitrogens with zero attached hydrogens (tertiary/aromatic N) is 2. The van der Waals surface area contributed by atoms with Crippen molar-refractivity contribution in [2.45, 2.75) is 38.9 Å². The van der Waals surface area contributed by atoms with Crippen molar-refractivity contribution in [3.8, 4) is 0 Å². The first-order chi connectivity index (χ1) is 12.2. The fourth-order valence-corrected chi connectivity index (χ4v) is 3.41. The average Bonchev–Trinajstić information content (AvgIpc) is 3.08. The molecule has 1 aliphatic heterocycles. The minimum atomic E-state index is -0.102. The molecule has 0 radical (unpaired) electrons. The van der Waals surface area contributed by atoms with Gasteiger partial charge in [-0.15, -0.1) is 0 Å². The van der Waals surface area contributed by atoms with Crippen LogP contribution >= 0.6 is 0 Å². The Morgan fingerprint density at radius 2 is 2.08 bits per heavy atom. The number of carbonyl (C=O) groups is 1. The summed E-state index contributed by atoms with van der Waals surface area (Å²) in [5, 5.41) is 12.5. The second-order valence-corrected chi connectivity index (χ2v) is 6.54. The van der Waals surface area contributed by atoms with Crippen LogP contribution in [0.2, 0.25) is 0 Å². The number of hydrogen-bond donors (Lipinski definition) is 2. The van der Waals surface area contributed by atoms with Crippen molar-refractivity contribution in [2.24, 2.45) is 0 Å². The van der Waals surface area contributed by atoms with Gasteiger partial charge >= 0.3 is 0 Å². The van der Waals surface area contributed by atoms with Crippen molar-refractivity contribution in [1.29, 1.82) is 0 Å². The van der Waals surface area contributed by atoms with E-state index in [1.807, 2.05) is 19.1 Å². The number of carbonyl (C=O) groups excluding carboxylic acids is 1. The lowest BCUT2D eigenvalue weighted by atomic mass is 10.1. The summed E-state index contributed by atoms with van der Waals surface area (Å²) in [5.41, 5.74) is 3.66. The maximum absolute atomic E-state index is 12.4. The predicted molar refractivity (Wildman–Crippen MR) is 97.1 cm³/mol. The van der Waals surface area contributed by atoms with E-state index in [2.05, 4.69) is 27.3 Å². The summed E-state index contributed by atoms with van der Waals surface area (Å²) in [4.78, 5) is 18.9. The van der Waals surface area contributed by atoms with Gasteiger partial charge in [0.2, 0.25) is 0 Å². The van der Waals surface area contributed by atoms with Crippen molar-refractivity contribution < 1.29 is 9.90 Å². The number of likely N-dealkylation sites (tertiary alicyclic amines) is 1. The standard InChI is InChI=1S/C20H25N3O2/c1-15-19(9-4-10-21-15)20(25)22-12-16-6-2-3-7-17(16)13-23-11-5-8-18(23)14-24/h2-4,6-7,9-10,18,24H,5,8,11-14H2,1H3,(H,22,25)/t18-/m0/s1. The third-order valence-corrected chi connectivity index (χ3v) is 4.89. The SMILES string of the molecule is Cc1ncccc1C(=O)NCc1ccccc1CN1CCC[C@H]1CO. The van der Waals surface area contributed by atoms with Crippen LogP contribution in [0.5, 0.6) is 0 Å². The summed E-state index contributed by atoms with van der Waals surface area (Å²) >= 11 is 0. The van der Waals surface area contributed by atoms with Gasteiger partial charge in [0.1, 0.15) is 0 Å². The van der Waals surface area contributed by atoms with E-state index in [-0.39, 0.29) is 18.6 Å². The Hall–Kier alpha value is -2.24. The van der Waals surface area contributed by atoms with Gasteiger partial charge in [-0.05, 0) is 49.6 Å². The van der Waals surface area contributed by atoms with E-state index < -0.39 is 0 Å². The molecule has 1 saturated heterocycles. The van der Waals surface area contributed by atoms with Gasteiger partial charge in [0.05, 0.1) is 12.2 Å². The normalized spacial score (nSPS) is 17.6. The molecule has 1 aromatic carbocycles. The summed E-state index contributed by atoms with van der Waals surface area (Å²) in [6.07, 6.45) is 3.87. The van der Waals surface area contributed by atoms with Crippen molar-refractivity contribution >= 4 is 5.91 Å². The molecule has 2 N–H and O–H groups in total. The van der Waals surface area contributed by atoms with E-state index in [0.29, 0.717) is 12.1 Å². The Bertz CT molecular complexity index is 732. The number of aliphatic hydroxyl groups excluding tert-OH is 1. The molecule has 1 atom stereocenters. The minimum Gasteiger partial charge on any atom is -0.395 e. The lowest BCUT2D eigenvalue weighted by Crippen LogP contribution is -2.32. The first-order valence-electron chi connectivity index (χ1n) is 8.80. The summed E-state index contributed by atoms with van der Waals surface area (Å²) in [5.74, 6) is -0.102. The van der Waals surface area contributed by atoms with Gasteiger partial charge in [0, 0.05) is 31.0 Å². The molecule has 1 aliphatic rings. The first-order valence-corrected chi connectivity index (χ1v) is 8.80. The molecule has 0 saturated carbocycles. The average molecular weight is 339 g/mol. The molecular weight excluding hydrogens is 314 g/mol. The van der Waals surface area contributed by atoms with Gasteiger partial charge in [-0.3, -0.25) is 14.7 Å². The number of pyridine rings is 1. The molecule has 25 heavy (non-hydrogen) atoms. The third kappa shape index (κ3) is 4.24. The number of amides is 1. The van der Waals surface area contributed by atoms with Gasteiger partial charge in [0.15, 0.2) is 0 Å². The monoisotopic (exact) mass is 339 g/mol. The molecule has 0 spiro atoms. The zero-order valence-corrected chi connectivity index (χ0v) is 14.6. The van der Waals surface area contributed by atoms with Crippen LogP contribution in [-0.4, -0.2) is 40.1 Å². The molecule has 0 aliphatic carbocycles. The quantitative estimate of drug-likeness (QED) is 0.847. The third-order valence-electron chi connectivity index (χ3n) is 4.89. The smallest absolute Gasteiger partial charge is 0.253 e. The highest BCUT2D eigenvalue weighted by Gasteiger charge is 2.24. The largest absolute Gasteiger partial charge is 0.395 e. The Balaban J connectivity index is 1.67. The van der Waals surface area contributed by atoms with Crippen LogP contribution in [0.25, 0.3) is 0 Å². The number of hydrogen-bond acceptors (Lipinski definition) is 4. The lowest BCUT2D eigenvalue weighted by Gasteiger charge is -2.24. The van der Waals surface area contributed by atoms with Crippen LogP contribution in [0.1, 0.15) is 40.0 Å². The molecular formula is C20H25N3O2. The molecule has 3 rings (SSSR count). The van der Waals surface area contributed by atoms with Crippen LogP contribution < -0.4 is 5.32 Å². The predicted octanol–water partition coefficient (Wildman–Crippen LogP) is 2.28. The molecule has 2 aromatic rings. The second-order valence-electron chi connectivity index (χ2n) is 6.54. The summed E-state index contributed by atoms with van der Waals surface area (Å²) in [6, 6.07) is 12.0. The highest BCUT2D eigenvalue weighted by Crippen LogP contribution is 2.21. The van der Waals surface area contributed by atoms with E-state index in [4.69, 9.17) is 0 Å². The summed E-state index contributed by atoms with van der Waals surface area (Å²) in [7, 11) is 0. The lowest BCUT2D eigenvalue weighted by molar-refractivity contribution is 0.0949. The maximum atomic E-state index is 12.4. The molecule has 132 valence electrons. The zero-order valence-electron chi connectivity index (χ0n) is 14.6. The van der Waals surface area contributed by atoms with Crippen molar-refractivity contribution in [3.63, 3.8) is 0 Å². The molecule has 2 heterocycles. The van der Waals surface area contributed by atoms with Gasteiger partial charge < -0.3 is 10.4 Å². The van der Waals surface area contributed by atoms with E-state index in [1.165, 1.54) is 5.56 Å². The number of nitrogens with one attached hydrogen (secondary N) is 1. The highest BCUT2D eigenvalue weighted by molar-refractivity contribution is 5.95. The Morgan fingerprint density at radius 1 is 1.28 bits per heavy atom. The van der Waals surface area contributed by atoms with Gasteiger partial charge in [-0.1, -0.05) is 24.3 Å². The van der Waals surface area contributed by atoms with Gasteiger partial charge in [0.25, 0.3) is 5.91 Å². The number of rotatable bonds is 6. The summed E-state index contributed by atoms with van der Waals surface area (Å²) < 4.78 is 0. The van der Waals surface area contributed by atoms with Crippen molar-refractivity contribution in [1.82, 2.24) is 15.2 Å². The van der Waals surface area contributed by atoms with Crippen LogP contribution in [0.15, 0.2) is 42.6 Å². The van der Waals surface area contributed by atoms with Crippen LogP contribution in [0, 0.1) is 6.92 Å². The number of benzene rings is 1. The fourth-order valence-electron chi connectivity index (χ4n) is 3.41. The molecule has 5 nitrogen and oxygen atoms in total. The van der Waals surface area contributed by atoms with Crippen molar-refractivity contribution in [2.75, 3.05) is 13.2 Å². The number of aryl methyl sites for hydroxylation is 1. The van der Waals surface area contributed by atoms with Gasteiger partial charge in [-0.2, -0.15) is 0 Å². The molecule has 5 heteroatoms. The molecule has 1 fully saturated rings. The molecule has 1 aromatic heterocycles. The Labute approximate surface area is 148 Å². The van der Waals surface area contributed by atoms with E-state index in [0.717, 1.165) is 37.2 Å². The Morgan fingerprint density at radius 3 is 2.84 bits per heavy atom. The summed E-state index contributed by atoms with van der Waals surface area (Å²) in [6.45, 7) is 4.36. The number of aliphatic hydroxyl groups is 1. The van der Waals surface area contributed by atoms with Gasteiger partial charge in [-0.25, -0.2) is 0 Å². The second kappa shape index (κ2) is 8.23. The first kappa shape index (κ1) is 17.6. The van der Waals surface area contributed by atoms with Crippen LogP contribution in [-0.2, 0) is 13.1 Å². The fraction of sp³-hybridized carbons (Fsp3) is 0.400.